The molecule has 15 heavy (non-hydrogen) atoms. The molecule has 0 spiro atoms. The summed E-state index contributed by atoms with van der Waals surface area (Å²) >= 11 is 0. The maximum absolute atomic E-state index is 3.70. The van der Waals surface area contributed by atoms with E-state index in [1.807, 2.05) is 0 Å². The molecule has 0 bridgehead atoms. The van der Waals surface area contributed by atoms with E-state index in [1.165, 1.54) is 12.8 Å². The fraction of sp³-hybridized carbons (Fsp3) is 1.00. The molecule has 5 atom stereocenters. The Morgan fingerprint density at radius 2 is 1.93 bits per heavy atom. The normalized spacial score (nSPS) is 48.2. The maximum atomic E-state index is 3.70. The zero-order chi connectivity index (χ0) is 11.2. The summed E-state index contributed by atoms with van der Waals surface area (Å²) in [6, 6.07) is 2.38. The molecule has 0 aromatic heterocycles. The van der Waals surface area contributed by atoms with E-state index in [1.54, 1.807) is 0 Å². The van der Waals surface area contributed by atoms with Crippen LogP contribution in [-0.2, 0) is 0 Å². The third-order valence-electron chi connectivity index (χ3n) is 4.51. The van der Waals surface area contributed by atoms with Crippen molar-refractivity contribution in [2.24, 2.45) is 5.92 Å². The minimum absolute atomic E-state index is 0.351. The highest BCUT2D eigenvalue weighted by Crippen LogP contribution is 2.46. The second-order valence-electron chi connectivity index (χ2n) is 5.93. The van der Waals surface area contributed by atoms with E-state index in [4.69, 9.17) is 0 Å². The van der Waals surface area contributed by atoms with E-state index in [-0.39, 0.29) is 0 Å². The summed E-state index contributed by atoms with van der Waals surface area (Å²) in [7, 11) is 0. The summed E-state index contributed by atoms with van der Waals surface area (Å²) < 4.78 is 0. The van der Waals surface area contributed by atoms with Crippen LogP contribution in [0.1, 0.15) is 47.5 Å². The van der Waals surface area contributed by atoms with Gasteiger partial charge in [0.05, 0.1) is 0 Å². The molecule has 0 aliphatic carbocycles. The second kappa shape index (κ2) is 3.74. The maximum Gasteiger partial charge on any atom is 0.0304 e. The molecule has 2 aliphatic rings. The van der Waals surface area contributed by atoms with Crippen molar-refractivity contribution in [1.29, 1.82) is 0 Å². The second-order valence-corrected chi connectivity index (χ2v) is 5.93. The average Bonchev–Trinajstić information content (AvgIpc) is 2.91. The summed E-state index contributed by atoms with van der Waals surface area (Å²) in [6.07, 6.45) is 2.62. The van der Waals surface area contributed by atoms with Gasteiger partial charge in [0, 0.05) is 30.2 Å². The number of nitrogens with one attached hydrogen (secondary N) is 1. The molecule has 3 unspecified atom stereocenters. The van der Waals surface area contributed by atoms with Gasteiger partial charge in [0.1, 0.15) is 0 Å². The fourth-order valence-electron chi connectivity index (χ4n) is 3.63. The van der Waals surface area contributed by atoms with Crippen LogP contribution >= 0.6 is 0 Å². The summed E-state index contributed by atoms with van der Waals surface area (Å²) in [5.41, 5.74) is 0.351. The molecule has 2 fully saturated rings. The lowest BCUT2D eigenvalue weighted by molar-refractivity contribution is 0.244. The smallest absolute Gasteiger partial charge is 0.0304 e. The van der Waals surface area contributed by atoms with Crippen LogP contribution in [-0.4, -0.2) is 35.1 Å². The Kier molecular flexibility index (Phi) is 2.85. The Hall–Kier alpha value is -0.0800. The number of hydrogen-bond acceptors (Lipinski definition) is 2. The quantitative estimate of drug-likeness (QED) is 0.703. The standard InChI is InChI=1S/C13H26N2/c1-6-10-9(3)14-8-13(4,5)15-11(7-2)12(10)15/h9-12,14H,6-8H2,1-5H3/t9-,10?,11?,12+,15?/m0/s1. The fourth-order valence-corrected chi connectivity index (χ4v) is 3.63. The Morgan fingerprint density at radius 1 is 1.27 bits per heavy atom. The highest BCUT2D eigenvalue weighted by Gasteiger charge is 2.58. The summed E-state index contributed by atoms with van der Waals surface area (Å²) in [6.45, 7) is 12.9. The Labute approximate surface area is 94.4 Å². The van der Waals surface area contributed by atoms with Crippen molar-refractivity contribution >= 4 is 0 Å². The first kappa shape index (κ1) is 11.4. The van der Waals surface area contributed by atoms with Gasteiger partial charge in [-0.1, -0.05) is 20.3 Å². The molecular weight excluding hydrogens is 184 g/mol. The van der Waals surface area contributed by atoms with Gasteiger partial charge in [0.15, 0.2) is 0 Å². The molecule has 0 amide bonds. The summed E-state index contributed by atoms with van der Waals surface area (Å²) in [5.74, 6) is 0.844. The van der Waals surface area contributed by atoms with E-state index in [2.05, 4.69) is 44.8 Å². The zero-order valence-corrected chi connectivity index (χ0v) is 10.9. The minimum atomic E-state index is 0.351. The van der Waals surface area contributed by atoms with Gasteiger partial charge in [-0.25, -0.2) is 0 Å². The van der Waals surface area contributed by atoms with E-state index >= 15 is 0 Å². The molecule has 2 saturated heterocycles. The van der Waals surface area contributed by atoms with E-state index in [0.29, 0.717) is 11.6 Å². The third-order valence-corrected chi connectivity index (χ3v) is 4.51. The lowest BCUT2D eigenvalue weighted by Crippen LogP contribution is -2.44. The van der Waals surface area contributed by atoms with Gasteiger partial charge in [0.2, 0.25) is 0 Å². The first-order valence-electron chi connectivity index (χ1n) is 6.54. The number of nitrogens with zero attached hydrogens (tertiary/aromatic N) is 1. The van der Waals surface area contributed by atoms with Gasteiger partial charge in [-0.05, 0) is 33.1 Å². The molecule has 0 aromatic rings. The molecule has 0 saturated carbocycles. The number of rotatable bonds is 2. The lowest BCUT2D eigenvalue weighted by atomic mass is 9.92. The van der Waals surface area contributed by atoms with Crippen LogP contribution in [0.2, 0.25) is 0 Å². The molecule has 2 aliphatic heterocycles. The van der Waals surface area contributed by atoms with Crippen LogP contribution in [0.3, 0.4) is 0 Å². The van der Waals surface area contributed by atoms with Crippen molar-refractivity contribution < 1.29 is 0 Å². The molecule has 88 valence electrons. The predicted molar refractivity (Wildman–Crippen MR) is 65.0 cm³/mol. The van der Waals surface area contributed by atoms with Crippen molar-refractivity contribution in [3.63, 3.8) is 0 Å². The molecule has 2 rings (SSSR count). The van der Waals surface area contributed by atoms with Crippen LogP contribution in [0.5, 0.6) is 0 Å². The molecule has 2 heteroatoms. The number of fused-ring (bicyclic) bond motifs is 1. The van der Waals surface area contributed by atoms with Gasteiger partial charge in [-0.3, -0.25) is 4.90 Å². The Bertz CT molecular complexity index is 237. The van der Waals surface area contributed by atoms with Crippen LogP contribution in [0.4, 0.5) is 0 Å². The van der Waals surface area contributed by atoms with E-state index < -0.39 is 0 Å². The van der Waals surface area contributed by atoms with Gasteiger partial charge < -0.3 is 5.32 Å². The van der Waals surface area contributed by atoms with Crippen molar-refractivity contribution in [1.82, 2.24) is 10.2 Å². The van der Waals surface area contributed by atoms with Crippen LogP contribution in [0, 0.1) is 5.92 Å². The topological polar surface area (TPSA) is 15.0 Å². The third kappa shape index (κ3) is 1.72. The van der Waals surface area contributed by atoms with Crippen LogP contribution in [0.15, 0.2) is 0 Å². The van der Waals surface area contributed by atoms with Gasteiger partial charge in [-0.15, -0.1) is 0 Å². The molecule has 1 N–H and O–H groups in total. The lowest BCUT2D eigenvalue weighted by Gasteiger charge is -2.27. The summed E-state index contributed by atoms with van der Waals surface area (Å²) in [4.78, 5) is 2.75. The Morgan fingerprint density at radius 3 is 2.47 bits per heavy atom. The highest BCUT2D eigenvalue weighted by molar-refractivity contribution is 5.14. The summed E-state index contributed by atoms with van der Waals surface area (Å²) in [5, 5.41) is 3.70. The molecule has 2 nitrogen and oxygen atoms in total. The zero-order valence-electron chi connectivity index (χ0n) is 10.9. The van der Waals surface area contributed by atoms with Crippen LogP contribution < -0.4 is 5.32 Å². The monoisotopic (exact) mass is 210 g/mol. The molecule has 2 heterocycles. The predicted octanol–water partition coefficient (Wildman–Crippen LogP) is 2.25. The average molecular weight is 210 g/mol. The Balaban J connectivity index is 2.19. The van der Waals surface area contributed by atoms with Gasteiger partial charge in [-0.2, -0.15) is 0 Å². The molecule has 0 radical (unpaired) electrons. The van der Waals surface area contributed by atoms with Gasteiger partial charge in [0.25, 0.3) is 0 Å². The largest absolute Gasteiger partial charge is 0.312 e. The minimum Gasteiger partial charge on any atom is -0.312 e. The SMILES string of the molecule is CCC1[C@@H]2C(CC)N2C(C)(C)CN[C@H]1C. The first-order valence-corrected chi connectivity index (χ1v) is 6.54. The van der Waals surface area contributed by atoms with Gasteiger partial charge >= 0.3 is 0 Å². The highest BCUT2D eigenvalue weighted by atomic mass is 15.4. The number of hydrogen-bond donors (Lipinski definition) is 1. The van der Waals surface area contributed by atoms with Crippen molar-refractivity contribution in [2.45, 2.75) is 71.1 Å². The van der Waals surface area contributed by atoms with E-state index in [0.717, 1.165) is 24.5 Å². The van der Waals surface area contributed by atoms with Crippen molar-refractivity contribution in [3.8, 4) is 0 Å². The van der Waals surface area contributed by atoms with Crippen LogP contribution in [0.25, 0.3) is 0 Å². The molecule has 0 aromatic carbocycles. The molecular formula is C13H26N2. The van der Waals surface area contributed by atoms with Crippen molar-refractivity contribution in [3.05, 3.63) is 0 Å². The van der Waals surface area contributed by atoms with Crippen molar-refractivity contribution in [2.75, 3.05) is 6.54 Å². The first-order chi connectivity index (χ1) is 7.03. The van der Waals surface area contributed by atoms with E-state index in [9.17, 15) is 0 Å².